The van der Waals surface area contributed by atoms with E-state index >= 15 is 0 Å². The number of thiophene rings is 1. The predicted molar refractivity (Wildman–Crippen MR) is 150 cm³/mol. The van der Waals surface area contributed by atoms with E-state index in [1.807, 2.05) is 66.0 Å². The van der Waals surface area contributed by atoms with Gasteiger partial charge in [-0.2, -0.15) is 0 Å². The maximum atomic E-state index is 14.0. The third-order valence-electron chi connectivity index (χ3n) is 6.27. The summed E-state index contributed by atoms with van der Waals surface area (Å²) >= 11 is 1.42. The van der Waals surface area contributed by atoms with E-state index in [1.54, 1.807) is 48.1 Å². The molecule has 2 amide bonds. The van der Waals surface area contributed by atoms with Crippen molar-refractivity contribution >= 4 is 39.9 Å². The van der Waals surface area contributed by atoms with Gasteiger partial charge in [-0.25, -0.2) is 4.68 Å². The zero-order valence-electron chi connectivity index (χ0n) is 21.5. The quantitative estimate of drug-likeness (QED) is 0.270. The monoisotopic (exact) mass is 541 g/mol. The number of anilines is 1. The zero-order valence-corrected chi connectivity index (χ0v) is 22.3. The van der Waals surface area contributed by atoms with Gasteiger partial charge in [0, 0.05) is 17.1 Å². The van der Waals surface area contributed by atoms with E-state index in [0.29, 0.717) is 22.7 Å². The Labute approximate surface area is 229 Å². The second-order valence-electron chi connectivity index (χ2n) is 8.74. The second-order valence-corrected chi connectivity index (χ2v) is 9.72. The average molecular weight is 542 g/mol. The van der Waals surface area contributed by atoms with Crippen molar-refractivity contribution in [3.8, 4) is 11.5 Å². The third-order valence-corrected chi connectivity index (χ3v) is 7.19. The van der Waals surface area contributed by atoms with E-state index in [1.165, 1.54) is 11.3 Å². The summed E-state index contributed by atoms with van der Waals surface area (Å²) in [4.78, 5) is 30.1. The van der Waals surface area contributed by atoms with Crippen LogP contribution in [0.4, 0.5) is 5.69 Å². The van der Waals surface area contributed by atoms with Crippen LogP contribution in [0.5, 0.6) is 11.5 Å². The first kappa shape index (κ1) is 25.9. The van der Waals surface area contributed by atoms with E-state index in [0.717, 1.165) is 16.0 Å². The number of methoxy groups -OCH3 is 2. The topological polar surface area (TPSA) is 98.6 Å². The van der Waals surface area contributed by atoms with Crippen molar-refractivity contribution in [3.05, 3.63) is 101 Å². The van der Waals surface area contributed by atoms with Crippen molar-refractivity contribution in [2.24, 2.45) is 0 Å². The lowest BCUT2D eigenvalue weighted by Crippen LogP contribution is -2.42. The number of hydrogen-bond acceptors (Lipinski definition) is 7. The molecule has 0 fully saturated rings. The van der Waals surface area contributed by atoms with E-state index in [4.69, 9.17) is 9.47 Å². The maximum Gasteiger partial charge on any atom is 0.252 e. The highest BCUT2D eigenvalue weighted by Gasteiger charge is 2.33. The van der Waals surface area contributed by atoms with Gasteiger partial charge >= 0.3 is 0 Å². The zero-order chi connectivity index (χ0) is 27.2. The fourth-order valence-electron chi connectivity index (χ4n) is 4.26. The summed E-state index contributed by atoms with van der Waals surface area (Å²) in [5.74, 6) is 0.787. The van der Waals surface area contributed by atoms with Crippen LogP contribution >= 0.6 is 11.3 Å². The summed E-state index contributed by atoms with van der Waals surface area (Å²) in [5, 5.41) is 13.2. The van der Waals surface area contributed by atoms with Crippen molar-refractivity contribution in [2.45, 2.75) is 19.1 Å². The summed E-state index contributed by atoms with van der Waals surface area (Å²) in [7, 11) is 3.19. The number of para-hydroxylation sites is 1. The van der Waals surface area contributed by atoms with Gasteiger partial charge in [-0.1, -0.05) is 35.5 Å². The van der Waals surface area contributed by atoms with Crippen LogP contribution in [0, 0.1) is 0 Å². The molecule has 1 N–H and O–H groups in total. The molecule has 0 saturated carbocycles. The molecule has 5 aromatic rings. The molecule has 2 aromatic heterocycles. The van der Waals surface area contributed by atoms with Crippen LogP contribution in [-0.4, -0.2) is 45.9 Å². The normalized spacial score (nSPS) is 11.6. The molecule has 0 aliphatic heterocycles. The van der Waals surface area contributed by atoms with Gasteiger partial charge in [0.2, 0.25) is 5.91 Å². The smallest absolute Gasteiger partial charge is 0.252 e. The van der Waals surface area contributed by atoms with E-state index in [2.05, 4.69) is 15.6 Å². The summed E-state index contributed by atoms with van der Waals surface area (Å²) < 4.78 is 12.1. The lowest BCUT2D eigenvalue weighted by atomic mass is 10.1. The third kappa shape index (κ3) is 5.91. The van der Waals surface area contributed by atoms with Crippen molar-refractivity contribution in [2.75, 3.05) is 19.5 Å². The lowest BCUT2D eigenvalue weighted by molar-refractivity contribution is -0.140. The number of fused-ring (bicyclic) bond motifs is 1. The molecule has 0 aliphatic rings. The maximum absolute atomic E-state index is 14.0. The van der Waals surface area contributed by atoms with Gasteiger partial charge in [0.15, 0.2) is 0 Å². The number of nitrogens with one attached hydrogen (secondary N) is 1. The van der Waals surface area contributed by atoms with Crippen LogP contribution in [0.3, 0.4) is 0 Å². The number of ether oxygens (including phenoxy) is 2. The SMILES string of the molecule is COc1ccc(CN(C(=O)Cn2nnc3ccccc32)C(C(=O)Nc2ccc(OC)cc2)c2cccs2)cc1. The molecule has 5 rings (SSSR count). The Balaban J connectivity index is 1.50. The van der Waals surface area contributed by atoms with Crippen LogP contribution in [-0.2, 0) is 22.7 Å². The molecule has 3 aromatic carbocycles. The molecule has 2 heterocycles. The molecular weight excluding hydrogens is 514 g/mol. The summed E-state index contributed by atoms with van der Waals surface area (Å²) in [6.07, 6.45) is 0. The number of carbonyl (C=O) groups is 2. The molecule has 0 saturated heterocycles. The van der Waals surface area contributed by atoms with Crippen molar-refractivity contribution in [1.29, 1.82) is 0 Å². The Hall–Kier alpha value is -4.70. The molecule has 9 nitrogen and oxygen atoms in total. The standard InChI is InChI=1S/C29H27N5O4S/c1-37-22-13-9-20(10-14-22)18-33(27(35)19-34-25-7-4-3-6-24(25)31-32-34)28(26-8-5-17-39-26)29(36)30-21-11-15-23(38-2)16-12-21/h3-17,28H,18-19H2,1-2H3,(H,30,36). The number of rotatable bonds is 10. The molecule has 198 valence electrons. The number of nitrogens with zero attached hydrogens (tertiary/aromatic N) is 4. The average Bonchev–Trinajstić information content (AvgIpc) is 3.64. The highest BCUT2D eigenvalue weighted by molar-refractivity contribution is 7.10. The van der Waals surface area contributed by atoms with Gasteiger partial charge in [0.25, 0.3) is 5.91 Å². The number of benzene rings is 3. The lowest BCUT2D eigenvalue weighted by Gasteiger charge is -2.31. The highest BCUT2D eigenvalue weighted by atomic mass is 32.1. The first-order valence-electron chi connectivity index (χ1n) is 12.2. The fraction of sp³-hybridized carbons (Fsp3) is 0.172. The minimum atomic E-state index is -0.878. The first-order valence-corrected chi connectivity index (χ1v) is 13.1. The molecule has 1 atom stereocenters. The van der Waals surface area contributed by atoms with Crippen LogP contribution in [0.1, 0.15) is 16.5 Å². The molecule has 0 spiro atoms. The number of carbonyl (C=O) groups excluding carboxylic acids is 2. The van der Waals surface area contributed by atoms with Crippen molar-refractivity contribution in [3.63, 3.8) is 0 Å². The molecule has 0 bridgehead atoms. The molecule has 0 radical (unpaired) electrons. The molecule has 39 heavy (non-hydrogen) atoms. The fourth-order valence-corrected chi connectivity index (χ4v) is 5.09. The van der Waals surface area contributed by atoms with E-state index in [-0.39, 0.29) is 24.9 Å². The van der Waals surface area contributed by atoms with Crippen LogP contribution in [0.15, 0.2) is 90.3 Å². The first-order chi connectivity index (χ1) is 19.1. The summed E-state index contributed by atoms with van der Waals surface area (Å²) in [6.45, 7) is 0.127. The Morgan fingerprint density at radius 1 is 0.923 bits per heavy atom. The van der Waals surface area contributed by atoms with Gasteiger partial charge in [-0.3, -0.25) is 9.59 Å². The van der Waals surface area contributed by atoms with Gasteiger partial charge in [-0.15, -0.1) is 16.4 Å². The van der Waals surface area contributed by atoms with Crippen LogP contribution < -0.4 is 14.8 Å². The number of hydrogen-bond donors (Lipinski definition) is 1. The van der Waals surface area contributed by atoms with Crippen molar-refractivity contribution in [1.82, 2.24) is 19.9 Å². The second kappa shape index (κ2) is 11.8. The Kier molecular flexibility index (Phi) is 7.83. The number of amides is 2. The minimum Gasteiger partial charge on any atom is -0.497 e. The Bertz CT molecular complexity index is 1550. The van der Waals surface area contributed by atoms with Gasteiger partial charge in [0.1, 0.15) is 29.6 Å². The summed E-state index contributed by atoms with van der Waals surface area (Å²) in [6, 6.07) is 24.8. The van der Waals surface area contributed by atoms with Crippen LogP contribution in [0.25, 0.3) is 11.0 Å². The van der Waals surface area contributed by atoms with Crippen LogP contribution in [0.2, 0.25) is 0 Å². The molecular formula is C29H27N5O4S. The Morgan fingerprint density at radius 3 is 2.28 bits per heavy atom. The predicted octanol–water partition coefficient (Wildman–Crippen LogP) is 4.92. The Morgan fingerprint density at radius 2 is 1.62 bits per heavy atom. The largest absolute Gasteiger partial charge is 0.497 e. The van der Waals surface area contributed by atoms with Gasteiger partial charge < -0.3 is 19.7 Å². The highest BCUT2D eigenvalue weighted by Crippen LogP contribution is 2.30. The molecule has 1 unspecified atom stereocenters. The van der Waals surface area contributed by atoms with E-state index < -0.39 is 6.04 Å². The molecule has 10 heteroatoms. The molecule has 0 aliphatic carbocycles. The van der Waals surface area contributed by atoms with Gasteiger partial charge in [-0.05, 0) is 65.5 Å². The number of aromatic nitrogens is 3. The van der Waals surface area contributed by atoms with Gasteiger partial charge in [0.05, 0.1) is 19.7 Å². The van der Waals surface area contributed by atoms with E-state index in [9.17, 15) is 9.59 Å². The minimum absolute atomic E-state index is 0.0750. The van der Waals surface area contributed by atoms with Crippen molar-refractivity contribution < 1.29 is 19.1 Å². The summed E-state index contributed by atoms with van der Waals surface area (Å²) in [5.41, 5.74) is 2.89.